The first-order valence-corrected chi connectivity index (χ1v) is 6.31. The van der Waals surface area contributed by atoms with Gasteiger partial charge >= 0.3 is 0 Å². The molecular weight excluding hydrogens is 217 g/mol. The predicted octanol–water partition coefficient (Wildman–Crippen LogP) is 2.66. The summed E-state index contributed by atoms with van der Waals surface area (Å²) >= 11 is 0. The second-order valence-corrected chi connectivity index (χ2v) is 4.57. The fourth-order valence-corrected chi connectivity index (χ4v) is 2.20. The molecule has 0 aromatic carbocycles. The summed E-state index contributed by atoms with van der Waals surface area (Å²) in [4.78, 5) is 0. The largest absolute Gasteiger partial charge is 0.496 e. The molecule has 17 heavy (non-hydrogen) atoms. The molecule has 96 valence electrons. The molecule has 0 amide bonds. The van der Waals surface area contributed by atoms with E-state index in [1.807, 2.05) is 0 Å². The van der Waals surface area contributed by atoms with Gasteiger partial charge < -0.3 is 10.1 Å². The molecule has 0 saturated heterocycles. The van der Waals surface area contributed by atoms with Crippen LogP contribution < -0.4 is 5.32 Å². The van der Waals surface area contributed by atoms with Gasteiger partial charge in [-0.1, -0.05) is 5.92 Å². The normalized spacial score (nSPS) is 21.5. The number of allylic oxidation sites excluding steroid dienone is 2. The Bertz CT molecular complexity index is 282. The highest BCUT2D eigenvalue weighted by Gasteiger charge is 2.17. The molecule has 1 N–H and O–H groups in total. The number of ether oxygens (including phenoxy) is 1. The van der Waals surface area contributed by atoms with Crippen LogP contribution >= 0.6 is 0 Å². The second-order valence-electron chi connectivity index (χ2n) is 4.57. The van der Waals surface area contributed by atoms with Gasteiger partial charge in [0.15, 0.2) is 0 Å². The summed E-state index contributed by atoms with van der Waals surface area (Å²) in [6, 6.07) is 0.456. The first kappa shape index (κ1) is 14.1. The van der Waals surface area contributed by atoms with Crippen molar-refractivity contribution in [3.63, 3.8) is 0 Å². The number of hydrogen-bond donors (Lipinski definition) is 1. The molecule has 2 atom stereocenters. The van der Waals surface area contributed by atoms with Gasteiger partial charge in [-0.3, -0.25) is 0 Å². The Kier molecular flexibility index (Phi) is 6.73. The van der Waals surface area contributed by atoms with Crippen molar-refractivity contribution in [2.24, 2.45) is 5.92 Å². The molecular formula is C14H22FNO. The van der Waals surface area contributed by atoms with Gasteiger partial charge in [0, 0.05) is 12.5 Å². The minimum absolute atomic E-state index is 0.191. The van der Waals surface area contributed by atoms with E-state index < -0.39 is 6.67 Å². The number of hydrogen-bond acceptors (Lipinski definition) is 2. The van der Waals surface area contributed by atoms with Crippen molar-refractivity contribution in [1.29, 1.82) is 0 Å². The van der Waals surface area contributed by atoms with Gasteiger partial charge in [0.05, 0.1) is 12.3 Å². The molecule has 0 aromatic rings. The maximum Gasteiger partial charge on any atom is 0.123 e. The Labute approximate surface area is 104 Å². The van der Waals surface area contributed by atoms with Crippen LogP contribution in [0.25, 0.3) is 0 Å². The van der Waals surface area contributed by atoms with Crippen LogP contribution in [-0.4, -0.2) is 25.9 Å². The topological polar surface area (TPSA) is 21.3 Å². The standard InChI is InChI=1S/C14H22FNO/c1-3-9-16-12(2)11-13-4-6-14(7-5-13)17-10-8-15/h1,6,12-13,16H,4-5,7-11H2,2H3. The Balaban J connectivity index is 2.22. The molecule has 2 nitrogen and oxygen atoms in total. The van der Waals surface area contributed by atoms with Crippen molar-refractivity contribution in [2.45, 2.75) is 38.6 Å². The Morgan fingerprint density at radius 1 is 1.71 bits per heavy atom. The summed E-state index contributed by atoms with van der Waals surface area (Å²) in [5, 5.41) is 3.29. The van der Waals surface area contributed by atoms with Crippen molar-refractivity contribution >= 4 is 0 Å². The van der Waals surface area contributed by atoms with Gasteiger partial charge in [-0.15, -0.1) is 6.42 Å². The Morgan fingerprint density at radius 2 is 2.53 bits per heavy atom. The minimum atomic E-state index is -0.409. The van der Waals surface area contributed by atoms with Crippen molar-refractivity contribution in [2.75, 3.05) is 19.8 Å². The van der Waals surface area contributed by atoms with Crippen LogP contribution in [0.3, 0.4) is 0 Å². The number of rotatable bonds is 7. The highest BCUT2D eigenvalue weighted by molar-refractivity contribution is 4.99. The molecule has 1 rings (SSSR count). The Morgan fingerprint density at radius 3 is 3.12 bits per heavy atom. The third kappa shape index (κ3) is 5.74. The van der Waals surface area contributed by atoms with E-state index in [0.29, 0.717) is 18.5 Å². The van der Waals surface area contributed by atoms with E-state index >= 15 is 0 Å². The van der Waals surface area contributed by atoms with Crippen molar-refractivity contribution in [3.05, 3.63) is 11.8 Å². The third-order valence-corrected chi connectivity index (χ3v) is 3.08. The lowest BCUT2D eigenvalue weighted by atomic mass is 9.88. The van der Waals surface area contributed by atoms with Crippen LogP contribution in [0, 0.1) is 18.3 Å². The van der Waals surface area contributed by atoms with E-state index in [9.17, 15) is 4.39 Å². The van der Waals surface area contributed by atoms with Crippen molar-refractivity contribution < 1.29 is 9.13 Å². The molecule has 0 aromatic heterocycles. The van der Waals surface area contributed by atoms with Crippen molar-refractivity contribution in [3.8, 4) is 12.3 Å². The fraction of sp³-hybridized carbons (Fsp3) is 0.714. The molecule has 3 heteroatoms. The summed E-state index contributed by atoms with van der Waals surface area (Å²) in [6.45, 7) is 2.58. The number of halogens is 1. The van der Waals surface area contributed by atoms with E-state index in [4.69, 9.17) is 11.2 Å². The van der Waals surface area contributed by atoms with E-state index in [1.165, 1.54) is 0 Å². The van der Waals surface area contributed by atoms with E-state index in [0.717, 1.165) is 31.4 Å². The number of nitrogens with one attached hydrogen (secondary N) is 1. The maximum atomic E-state index is 11.9. The minimum Gasteiger partial charge on any atom is -0.496 e. The van der Waals surface area contributed by atoms with Crippen LogP contribution in [0.2, 0.25) is 0 Å². The van der Waals surface area contributed by atoms with E-state index in [-0.39, 0.29) is 6.61 Å². The van der Waals surface area contributed by atoms with Crippen LogP contribution in [0.5, 0.6) is 0 Å². The predicted molar refractivity (Wildman–Crippen MR) is 68.3 cm³/mol. The van der Waals surface area contributed by atoms with Gasteiger partial charge in [0.2, 0.25) is 0 Å². The first-order chi connectivity index (χ1) is 8.26. The molecule has 2 unspecified atom stereocenters. The molecule has 0 heterocycles. The average molecular weight is 239 g/mol. The summed E-state index contributed by atoms with van der Waals surface area (Å²) in [6.07, 6.45) is 11.5. The van der Waals surface area contributed by atoms with Crippen LogP contribution in [0.1, 0.15) is 32.6 Å². The van der Waals surface area contributed by atoms with Crippen LogP contribution in [-0.2, 0) is 4.74 Å². The van der Waals surface area contributed by atoms with Crippen molar-refractivity contribution in [1.82, 2.24) is 5.32 Å². The quantitative estimate of drug-likeness (QED) is 0.690. The van der Waals surface area contributed by atoms with Gasteiger partial charge in [0.25, 0.3) is 0 Å². The zero-order valence-corrected chi connectivity index (χ0v) is 10.5. The molecule has 0 bridgehead atoms. The molecule has 0 spiro atoms. The molecule has 0 fully saturated rings. The molecule has 0 radical (unpaired) electrons. The van der Waals surface area contributed by atoms with Gasteiger partial charge in [0.1, 0.15) is 13.3 Å². The number of terminal acetylenes is 1. The van der Waals surface area contributed by atoms with Crippen LogP contribution in [0.15, 0.2) is 11.8 Å². The fourth-order valence-electron chi connectivity index (χ4n) is 2.20. The average Bonchev–Trinajstić information content (AvgIpc) is 2.35. The number of alkyl halides is 1. The maximum absolute atomic E-state index is 11.9. The first-order valence-electron chi connectivity index (χ1n) is 6.31. The smallest absolute Gasteiger partial charge is 0.123 e. The SMILES string of the molecule is C#CCNC(C)CC1CC=C(OCCF)CC1. The zero-order chi connectivity index (χ0) is 12.5. The highest BCUT2D eigenvalue weighted by atomic mass is 19.1. The zero-order valence-electron chi connectivity index (χ0n) is 10.5. The molecule has 0 aliphatic heterocycles. The van der Waals surface area contributed by atoms with Gasteiger partial charge in [-0.2, -0.15) is 0 Å². The molecule has 1 aliphatic rings. The van der Waals surface area contributed by atoms with Gasteiger partial charge in [-0.05, 0) is 38.2 Å². The van der Waals surface area contributed by atoms with Gasteiger partial charge in [-0.25, -0.2) is 4.39 Å². The monoisotopic (exact) mass is 239 g/mol. The molecule has 1 aliphatic carbocycles. The summed E-state index contributed by atoms with van der Waals surface area (Å²) in [5.74, 6) is 4.24. The third-order valence-electron chi connectivity index (χ3n) is 3.08. The van der Waals surface area contributed by atoms with E-state index in [2.05, 4.69) is 24.2 Å². The lowest BCUT2D eigenvalue weighted by Crippen LogP contribution is -2.29. The highest BCUT2D eigenvalue weighted by Crippen LogP contribution is 2.27. The van der Waals surface area contributed by atoms with Crippen LogP contribution in [0.4, 0.5) is 4.39 Å². The lowest BCUT2D eigenvalue weighted by molar-refractivity contribution is 0.166. The summed E-state index contributed by atoms with van der Waals surface area (Å²) in [7, 11) is 0. The molecule has 0 saturated carbocycles. The summed E-state index contributed by atoms with van der Waals surface area (Å²) < 4.78 is 17.2. The lowest BCUT2D eigenvalue weighted by Gasteiger charge is -2.24. The Hall–Kier alpha value is -1.01. The van der Waals surface area contributed by atoms with E-state index in [1.54, 1.807) is 0 Å². The summed E-state index contributed by atoms with van der Waals surface area (Å²) in [5.41, 5.74) is 0. The second kappa shape index (κ2) is 8.14.